The molecule has 0 N–H and O–H groups in total. The molecule has 0 unspecified atom stereocenters. The summed E-state index contributed by atoms with van der Waals surface area (Å²) >= 11 is 0. The highest BCUT2D eigenvalue weighted by atomic mass is 32.2. The van der Waals surface area contributed by atoms with Crippen LogP contribution in [-0.2, 0) is 14.8 Å². The van der Waals surface area contributed by atoms with Gasteiger partial charge in [0.05, 0.1) is 15.5 Å². The molecule has 0 aromatic heterocycles. The molecule has 1 fully saturated rings. The maximum absolute atomic E-state index is 13.2. The minimum absolute atomic E-state index is 0.0213. The van der Waals surface area contributed by atoms with Crippen LogP contribution in [0, 0.1) is 10.1 Å². The maximum Gasteiger partial charge on any atom is 0.271 e. The van der Waals surface area contributed by atoms with E-state index in [1.165, 1.54) is 36.4 Å². The van der Waals surface area contributed by atoms with Crippen LogP contribution in [0.5, 0.6) is 0 Å². The summed E-state index contributed by atoms with van der Waals surface area (Å²) in [4.78, 5) is 25.0. The number of sulfonamides is 1. The molecule has 0 atom stereocenters. The lowest BCUT2D eigenvalue weighted by molar-refractivity contribution is -0.384. The number of amides is 1. The molecule has 148 valence electrons. The van der Waals surface area contributed by atoms with Crippen molar-refractivity contribution in [3.63, 3.8) is 0 Å². The minimum atomic E-state index is -4.07. The van der Waals surface area contributed by atoms with E-state index in [9.17, 15) is 23.3 Å². The summed E-state index contributed by atoms with van der Waals surface area (Å²) < 4.78 is 27.4. The number of non-ortho nitro benzene ring substituents is 1. The number of nitro groups is 1. The molecule has 1 amide bonds. The molecule has 0 spiro atoms. The maximum atomic E-state index is 13.2. The predicted octanol–water partition coefficient (Wildman–Crippen LogP) is 2.80. The van der Waals surface area contributed by atoms with E-state index in [0.29, 0.717) is 13.1 Å². The van der Waals surface area contributed by atoms with Gasteiger partial charge < -0.3 is 4.90 Å². The number of carbonyl (C=O) groups is 1. The highest BCUT2D eigenvalue weighted by Gasteiger charge is 2.30. The van der Waals surface area contributed by atoms with Crippen LogP contribution in [-0.4, -0.2) is 43.8 Å². The van der Waals surface area contributed by atoms with Crippen molar-refractivity contribution in [2.24, 2.45) is 0 Å². The van der Waals surface area contributed by atoms with E-state index in [2.05, 4.69) is 0 Å². The molecule has 8 nitrogen and oxygen atoms in total. The van der Waals surface area contributed by atoms with Gasteiger partial charge in [-0.2, -0.15) is 0 Å². The Morgan fingerprint density at radius 3 is 2.36 bits per heavy atom. The van der Waals surface area contributed by atoms with Gasteiger partial charge in [0.2, 0.25) is 5.91 Å². The van der Waals surface area contributed by atoms with E-state index < -0.39 is 21.5 Å². The predicted molar refractivity (Wildman–Crippen MR) is 105 cm³/mol. The van der Waals surface area contributed by atoms with Crippen LogP contribution >= 0.6 is 0 Å². The Kier molecular flexibility index (Phi) is 5.93. The van der Waals surface area contributed by atoms with E-state index in [4.69, 9.17) is 0 Å². The van der Waals surface area contributed by atoms with Gasteiger partial charge in [0.25, 0.3) is 15.7 Å². The number of hydrogen-bond acceptors (Lipinski definition) is 5. The van der Waals surface area contributed by atoms with E-state index in [1.54, 1.807) is 23.1 Å². The van der Waals surface area contributed by atoms with Crippen molar-refractivity contribution in [1.29, 1.82) is 0 Å². The highest BCUT2D eigenvalue weighted by molar-refractivity contribution is 7.92. The van der Waals surface area contributed by atoms with Crippen LogP contribution in [0.2, 0.25) is 0 Å². The number of likely N-dealkylation sites (tertiary alicyclic amines) is 1. The molecule has 2 aromatic carbocycles. The fourth-order valence-corrected chi connectivity index (χ4v) is 4.59. The second kappa shape index (κ2) is 8.39. The molecule has 0 radical (unpaired) electrons. The van der Waals surface area contributed by atoms with Crippen LogP contribution < -0.4 is 4.31 Å². The zero-order valence-corrected chi connectivity index (χ0v) is 16.0. The van der Waals surface area contributed by atoms with Crippen LogP contribution in [0.4, 0.5) is 11.4 Å². The molecule has 1 aliphatic heterocycles. The lowest BCUT2D eigenvalue weighted by Gasteiger charge is -2.30. The molecule has 1 saturated heterocycles. The molecular weight excluding hydrogens is 382 g/mol. The van der Waals surface area contributed by atoms with Crippen molar-refractivity contribution in [2.75, 3.05) is 23.9 Å². The molecule has 2 aromatic rings. The molecule has 0 bridgehead atoms. The monoisotopic (exact) mass is 403 g/mol. The first-order chi connectivity index (χ1) is 13.4. The van der Waals surface area contributed by atoms with Crippen molar-refractivity contribution >= 4 is 27.3 Å². The van der Waals surface area contributed by atoms with Gasteiger partial charge in [0, 0.05) is 25.2 Å². The summed E-state index contributed by atoms with van der Waals surface area (Å²) in [6.07, 6.45) is 2.81. The average Bonchev–Trinajstić information content (AvgIpc) is 2.73. The van der Waals surface area contributed by atoms with Gasteiger partial charge in [-0.15, -0.1) is 0 Å². The Hall–Kier alpha value is -2.94. The number of piperidine rings is 1. The van der Waals surface area contributed by atoms with Gasteiger partial charge in [-0.05, 0) is 37.5 Å². The SMILES string of the molecule is O=C(CN(c1cccc([N+](=O)[O-])c1)S(=O)(=O)c1ccccc1)N1CCCCC1. The number of nitrogens with zero attached hydrogens (tertiary/aromatic N) is 3. The van der Waals surface area contributed by atoms with E-state index in [-0.39, 0.29) is 22.2 Å². The van der Waals surface area contributed by atoms with Gasteiger partial charge >= 0.3 is 0 Å². The molecule has 9 heteroatoms. The normalized spacial score (nSPS) is 14.5. The topological polar surface area (TPSA) is 101 Å². The van der Waals surface area contributed by atoms with Crippen LogP contribution in [0.25, 0.3) is 0 Å². The lowest BCUT2D eigenvalue weighted by atomic mass is 10.1. The van der Waals surface area contributed by atoms with Gasteiger partial charge in [0.1, 0.15) is 6.54 Å². The van der Waals surface area contributed by atoms with Crippen LogP contribution in [0.3, 0.4) is 0 Å². The second-order valence-corrected chi connectivity index (χ2v) is 8.41. The Morgan fingerprint density at radius 2 is 1.71 bits per heavy atom. The third-order valence-corrected chi connectivity index (χ3v) is 6.44. The van der Waals surface area contributed by atoms with E-state index in [1.807, 2.05) is 0 Å². The van der Waals surface area contributed by atoms with Crippen molar-refractivity contribution < 1.29 is 18.1 Å². The summed E-state index contributed by atoms with van der Waals surface area (Å²) in [5.41, 5.74) is -0.153. The van der Waals surface area contributed by atoms with E-state index >= 15 is 0 Å². The van der Waals surface area contributed by atoms with Crippen LogP contribution in [0.15, 0.2) is 59.5 Å². The number of hydrogen-bond donors (Lipinski definition) is 0. The van der Waals surface area contributed by atoms with Crippen molar-refractivity contribution in [3.05, 3.63) is 64.7 Å². The van der Waals surface area contributed by atoms with Gasteiger partial charge in [-0.1, -0.05) is 24.3 Å². The first-order valence-electron chi connectivity index (χ1n) is 8.99. The molecule has 0 aliphatic carbocycles. The van der Waals surface area contributed by atoms with Gasteiger partial charge in [-0.25, -0.2) is 8.42 Å². The highest BCUT2D eigenvalue weighted by Crippen LogP contribution is 2.27. The quantitative estimate of drug-likeness (QED) is 0.545. The fourth-order valence-electron chi connectivity index (χ4n) is 3.16. The third kappa shape index (κ3) is 4.30. The summed E-state index contributed by atoms with van der Waals surface area (Å²) in [5, 5.41) is 11.1. The number of rotatable bonds is 6. The van der Waals surface area contributed by atoms with E-state index in [0.717, 1.165) is 23.6 Å². The Morgan fingerprint density at radius 1 is 1.04 bits per heavy atom. The smallest absolute Gasteiger partial charge is 0.271 e. The Labute approximate surface area is 163 Å². The average molecular weight is 403 g/mol. The molecule has 3 rings (SSSR count). The largest absolute Gasteiger partial charge is 0.341 e. The third-order valence-electron chi connectivity index (χ3n) is 4.65. The summed E-state index contributed by atoms with van der Waals surface area (Å²) in [5.74, 6) is -0.314. The van der Waals surface area contributed by atoms with Crippen molar-refractivity contribution in [1.82, 2.24) is 4.90 Å². The van der Waals surface area contributed by atoms with Crippen molar-refractivity contribution in [3.8, 4) is 0 Å². The molecular formula is C19H21N3O5S. The zero-order valence-electron chi connectivity index (χ0n) is 15.2. The number of carbonyl (C=O) groups excluding carboxylic acids is 1. The standard InChI is InChI=1S/C19H21N3O5S/c23-19(20-12-5-2-6-13-20)15-21(16-8-7-9-17(14-16)22(24)25)28(26,27)18-10-3-1-4-11-18/h1,3-4,7-11,14H,2,5-6,12-13,15H2. The van der Waals surface area contributed by atoms with Crippen molar-refractivity contribution in [2.45, 2.75) is 24.2 Å². The van der Waals surface area contributed by atoms with Crippen LogP contribution in [0.1, 0.15) is 19.3 Å². The molecule has 1 aliphatic rings. The first-order valence-corrected chi connectivity index (χ1v) is 10.4. The number of nitro benzene ring substituents is 1. The Balaban J connectivity index is 2.00. The Bertz CT molecular complexity index is 957. The molecule has 0 saturated carbocycles. The number of anilines is 1. The second-order valence-electron chi connectivity index (χ2n) is 6.54. The summed E-state index contributed by atoms with van der Waals surface area (Å²) in [6, 6.07) is 13.1. The van der Waals surface area contributed by atoms with Gasteiger partial charge in [-0.3, -0.25) is 19.2 Å². The molecule has 1 heterocycles. The zero-order chi connectivity index (χ0) is 20.1. The summed E-state index contributed by atoms with van der Waals surface area (Å²) in [7, 11) is -4.07. The fraction of sp³-hybridized carbons (Fsp3) is 0.316. The summed E-state index contributed by atoms with van der Waals surface area (Å²) in [6.45, 7) is 0.776. The number of benzene rings is 2. The minimum Gasteiger partial charge on any atom is -0.341 e. The molecule has 28 heavy (non-hydrogen) atoms. The van der Waals surface area contributed by atoms with Gasteiger partial charge in [0.15, 0.2) is 0 Å². The first kappa shape index (κ1) is 19.8. The lowest BCUT2D eigenvalue weighted by Crippen LogP contribution is -2.44.